The van der Waals surface area contributed by atoms with Gasteiger partial charge in [0.1, 0.15) is 5.78 Å². The number of nitrogens with one attached hydrogen (secondary N) is 1. The number of carbonyl (C=O) groups excluding carboxylic acids is 1. The van der Waals surface area contributed by atoms with E-state index in [0.29, 0.717) is 5.78 Å². The van der Waals surface area contributed by atoms with Crippen molar-refractivity contribution in [1.29, 1.82) is 0 Å². The monoisotopic (exact) mass is 209 g/mol. The lowest BCUT2D eigenvalue weighted by molar-refractivity contribution is -0.121. The molecule has 1 aromatic heterocycles. The molecule has 2 nitrogen and oxygen atoms in total. The molecular weight excluding hydrogens is 194 g/mol. The van der Waals surface area contributed by atoms with E-state index < -0.39 is 0 Å². The van der Waals surface area contributed by atoms with Crippen LogP contribution in [0.5, 0.6) is 0 Å². The van der Waals surface area contributed by atoms with Crippen LogP contribution in [0.2, 0.25) is 0 Å². The molecule has 76 valence electrons. The summed E-state index contributed by atoms with van der Waals surface area (Å²) >= 11 is 1.78. The SMILES string of the molecule is CNC1(c2cccs2)CCC(=O)CC1. The van der Waals surface area contributed by atoms with Crippen molar-refractivity contribution >= 4 is 17.1 Å². The fourth-order valence-corrected chi connectivity index (χ4v) is 3.12. The third kappa shape index (κ3) is 1.62. The van der Waals surface area contributed by atoms with E-state index >= 15 is 0 Å². The van der Waals surface area contributed by atoms with E-state index in [9.17, 15) is 4.79 Å². The van der Waals surface area contributed by atoms with Crippen LogP contribution in [0, 0.1) is 0 Å². The Balaban J connectivity index is 2.23. The van der Waals surface area contributed by atoms with Gasteiger partial charge in [-0.2, -0.15) is 0 Å². The van der Waals surface area contributed by atoms with Crippen LogP contribution in [0.3, 0.4) is 0 Å². The summed E-state index contributed by atoms with van der Waals surface area (Å²) < 4.78 is 0. The van der Waals surface area contributed by atoms with Crippen molar-refractivity contribution in [2.45, 2.75) is 31.2 Å². The van der Waals surface area contributed by atoms with Gasteiger partial charge in [0, 0.05) is 17.7 Å². The van der Waals surface area contributed by atoms with E-state index in [1.807, 2.05) is 7.05 Å². The molecule has 3 heteroatoms. The first kappa shape index (κ1) is 9.87. The molecule has 0 spiro atoms. The summed E-state index contributed by atoms with van der Waals surface area (Å²) in [7, 11) is 2.00. The minimum Gasteiger partial charge on any atom is -0.310 e. The highest BCUT2D eigenvalue weighted by Gasteiger charge is 2.35. The Morgan fingerprint density at radius 1 is 1.43 bits per heavy atom. The Morgan fingerprint density at radius 2 is 2.14 bits per heavy atom. The van der Waals surface area contributed by atoms with Crippen molar-refractivity contribution < 1.29 is 4.79 Å². The van der Waals surface area contributed by atoms with Crippen LogP contribution in [0.1, 0.15) is 30.6 Å². The molecule has 0 saturated heterocycles. The predicted molar refractivity (Wildman–Crippen MR) is 58.5 cm³/mol. The number of ketones is 1. The maximum Gasteiger partial charge on any atom is 0.133 e. The quantitative estimate of drug-likeness (QED) is 0.809. The molecule has 0 radical (unpaired) electrons. The summed E-state index contributed by atoms with van der Waals surface area (Å²) in [6.45, 7) is 0. The van der Waals surface area contributed by atoms with Crippen LogP contribution in [0.25, 0.3) is 0 Å². The Labute approximate surface area is 88.3 Å². The molecule has 0 bridgehead atoms. The van der Waals surface area contributed by atoms with Gasteiger partial charge in [-0.05, 0) is 31.3 Å². The summed E-state index contributed by atoms with van der Waals surface area (Å²) in [5, 5.41) is 5.50. The lowest BCUT2D eigenvalue weighted by Gasteiger charge is -2.35. The van der Waals surface area contributed by atoms with Crippen LogP contribution in [0.15, 0.2) is 17.5 Å². The molecule has 0 atom stereocenters. The number of hydrogen-bond acceptors (Lipinski definition) is 3. The van der Waals surface area contributed by atoms with E-state index in [1.54, 1.807) is 11.3 Å². The average Bonchev–Trinajstić information content (AvgIpc) is 2.73. The van der Waals surface area contributed by atoms with Crippen molar-refractivity contribution in [2.24, 2.45) is 0 Å². The minimum atomic E-state index is 0.0715. The van der Waals surface area contributed by atoms with Gasteiger partial charge in [-0.1, -0.05) is 6.07 Å². The minimum absolute atomic E-state index is 0.0715. The van der Waals surface area contributed by atoms with Crippen LogP contribution < -0.4 is 5.32 Å². The van der Waals surface area contributed by atoms with Gasteiger partial charge in [0.25, 0.3) is 0 Å². The third-order valence-electron chi connectivity index (χ3n) is 3.13. The molecule has 14 heavy (non-hydrogen) atoms. The largest absolute Gasteiger partial charge is 0.310 e. The fraction of sp³-hybridized carbons (Fsp3) is 0.545. The van der Waals surface area contributed by atoms with Gasteiger partial charge in [0.2, 0.25) is 0 Å². The first-order chi connectivity index (χ1) is 6.77. The van der Waals surface area contributed by atoms with Gasteiger partial charge in [0.05, 0.1) is 5.54 Å². The van der Waals surface area contributed by atoms with Crippen molar-refractivity contribution in [3.05, 3.63) is 22.4 Å². The van der Waals surface area contributed by atoms with Crippen molar-refractivity contribution in [3.8, 4) is 0 Å². The molecule has 0 unspecified atom stereocenters. The van der Waals surface area contributed by atoms with Gasteiger partial charge in [0.15, 0.2) is 0 Å². The van der Waals surface area contributed by atoms with E-state index in [4.69, 9.17) is 0 Å². The normalized spacial score (nSPS) is 21.1. The summed E-state index contributed by atoms with van der Waals surface area (Å²) in [6.07, 6.45) is 3.34. The lowest BCUT2D eigenvalue weighted by Crippen LogP contribution is -2.42. The maximum atomic E-state index is 11.2. The molecule has 0 aromatic carbocycles. The zero-order valence-corrected chi connectivity index (χ0v) is 9.19. The predicted octanol–water partition coefficient (Wildman–Crippen LogP) is 2.31. The molecule has 0 aliphatic heterocycles. The van der Waals surface area contributed by atoms with E-state index in [2.05, 4.69) is 22.8 Å². The highest BCUT2D eigenvalue weighted by atomic mass is 32.1. The van der Waals surface area contributed by atoms with Crippen molar-refractivity contribution in [2.75, 3.05) is 7.05 Å². The highest BCUT2D eigenvalue weighted by Crippen LogP contribution is 2.37. The highest BCUT2D eigenvalue weighted by molar-refractivity contribution is 7.10. The van der Waals surface area contributed by atoms with Crippen LogP contribution in [0.4, 0.5) is 0 Å². The molecule has 1 N–H and O–H groups in total. The standard InChI is InChI=1S/C11H15NOS/c1-12-11(10-3-2-8-14-10)6-4-9(13)5-7-11/h2-3,8,12H,4-7H2,1H3. The van der Waals surface area contributed by atoms with E-state index in [1.165, 1.54) is 4.88 Å². The van der Waals surface area contributed by atoms with Crippen molar-refractivity contribution in [3.63, 3.8) is 0 Å². The number of carbonyl (C=O) groups is 1. The van der Waals surface area contributed by atoms with Crippen LogP contribution in [-0.2, 0) is 10.3 Å². The summed E-state index contributed by atoms with van der Waals surface area (Å²) in [5.41, 5.74) is 0.0715. The Morgan fingerprint density at radius 3 is 2.64 bits per heavy atom. The third-order valence-corrected chi connectivity index (χ3v) is 4.21. The summed E-state index contributed by atoms with van der Waals surface area (Å²) in [4.78, 5) is 12.6. The smallest absolute Gasteiger partial charge is 0.133 e. The molecule has 1 aliphatic carbocycles. The zero-order chi connectivity index (χ0) is 10.0. The number of hydrogen-bond donors (Lipinski definition) is 1. The molecule has 2 rings (SSSR count). The van der Waals surface area contributed by atoms with Crippen LogP contribution >= 0.6 is 11.3 Å². The Bertz CT molecular complexity index is 308. The lowest BCUT2D eigenvalue weighted by atomic mass is 9.80. The number of Topliss-reactive ketones (excluding diaryl/α,β-unsaturated/α-hetero) is 1. The van der Waals surface area contributed by atoms with Gasteiger partial charge < -0.3 is 5.32 Å². The van der Waals surface area contributed by atoms with E-state index in [-0.39, 0.29) is 5.54 Å². The number of thiophene rings is 1. The maximum absolute atomic E-state index is 11.2. The zero-order valence-electron chi connectivity index (χ0n) is 8.38. The summed E-state index contributed by atoms with van der Waals surface area (Å²) in [6, 6.07) is 4.24. The number of rotatable bonds is 2. The second-order valence-corrected chi connectivity index (χ2v) is 4.80. The molecule has 0 amide bonds. The molecular formula is C11H15NOS. The molecule has 1 aromatic rings. The van der Waals surface area contributed by atoms with Gasteiger partial charge >= 0.3 is 0 Å². The second kappa shape index (κ2) is 3.83. The van der Waals surface area contributed by atoms with Gasteiger partial charge in [-0.15, -0.1) is 11.3 Å². The Kier molecular flexibility index (Phi) is 2.70. The first-order valence-corrected chi connectivity index (χ1v) is 5.89. The topological polar surface area (TPSA) is 29.1 Å². The Hall–Kier alpha value is -0.670. The molecule has 1 saturated carbocycles. The molecule has 1 fully saturated rings. The van der Waals surface area contributed by atoms with Crippen molar-refractivity contribution in [1.82, 2.24) is 5.32 Å². The second-order valence-electron chi connectivity index (χ2n) is 3.85. The molecule has 1 heterocycles. The average molecular weight is 209 g/mol. The van der Waals surface area contributed by atoms with Gasteiger partial charge in [-0.25, -0.2) is 0 Å². The fourth-order valence-electron chi connectivity index (χ4n) is 2.13. The summed E-state index contributed by atoms with van der Waals surface area (Å²) in [5.74, 6) is 0.410. The van der Waals surface area contributed by atoms with E-state index in [0.717, 1.165) is 25.7 Å². The van der Waals surface area contributed by atoms with Crippen LogP contribution in [-0.4, -0.2) is 12.8 Å². The molecule has 1 aliphatic rings. The first-order valence-electron chi connectivity index (χ1n) is 5.01. The van der Waals surface area contributed by atoms with Gasteiger partial charge in [-0.3, -0.25) is 4.79 Å².